The molecule has 1 N–H and O–H groups in total. The van der Waals surface area contributed by atoms with Gasteiger partial charge in [-0.25, -0.2) is 0 Å². The van der Waals surface area contributed by atoms with Crippen LogP contribution in [0.1, 0.15) is 35.2 Å². The monoisotopic (exact) mass is 267 g/mol. The first-order valence-corrected chi connectivity index (χ1v) is 7.27. The summed E-state index contributed by atoms with van der Waals surface area (Å²) in [6.45, 7) is 6.05. The molecule has 2 aromatic carbocycles. The van der Waals surface area contributed by atoms with E-state index in [0.29, 0.717) is 6.04 Å². The van der Waals surface area contributed by atoms with Gasteiger partial charge in [-0.05, 0) is 36.6 Å². The number of ether oxygens (including phenoxy) is 1. The van der Waals surface area contributed by atoms with Crippen molar-refractivity contribution >= 4 is 0 Å². The fourth-order valence-corrected chi connectivity index (χ4v) is 2.59. The molecule has 0 amide bonds. The molecule has 1 heterocycles. The zero-order valence-corrected chi connectivity index (χ0v) is 12.1. The lowest BCUT2D eigenvalue weighted by Gasteiger charge is -2.15. The number of hydrogen-bond acceptors (Lipinski definition) is 2. The molecule has 0 fully saturated rings. The molecule has 0 unspecified atom stereocenters. The predicted molar refractivity (Wildman–Crippen MR) is 82.1 cm³/mol. The van der Waals surface area contributed by atoms with Crippen molar-refractivity contribution in [1.82, 2.24) is 5.32 Å². The van der Waals surface area contributed by atoms with E-state index in [2.05, 4.69) is 61.6 Å². The van der Waals surface area contributed by atoms with Crippen molar-refractivity contribution in [3.63, 3.8) is 0 Å². The highest BCUT2D eigenvalue weighted by molar-refractivity contribution is 5.39. The molecular weight excluding hydrogens is 246 g/mol. The molecule has 0 radical (unpaired) electrons. The van der Waals surface area contributed by atoms with Gasteiger partial charge in [-0.2, -0.15) is 0 Å². The molecule has 2 aromatic rings. The first kappa shape index (κ1) is 13.2. The number of aryl methyl sites for hydroxylation is 1. The van der Waals surface area contributed by atoms with Crippen molar-refractivity contribution < 1.29 is 4.74 Å². The van der Waals surface area contributed by atoms with E-state index in [-0.39, 0.29) is 0 Å². The molecule has 3 rings (SSSR count). The van der Waals surface area contributed by atoms with Gasteiger partial charge in [0.25, 0.3) is 0 Å². The highest BCUT2D eigenvalue weighted by atomic mass is 16.5. The Hall–Kier alpha value is -1.80. The zero-order valence-electron chi connectivity index (χ0n) is 12.1. The minimum absolute atomic E-state index is 0.361. The van der Waals surface area contributed by atoms with Crippen molar-refractivity contribution in [3.8, 4) is 5.75 Å². The highest BCUT2D eigenvalue weighted by Crippen LogP contribution is 2.26. The maximum atomic E-state index is 5.54. The predicted octanol–water partition coefficient (Wildman–Crippen LogP) is 3.78. The lowest BCUT2D eigenvalue weighted by atomic mass is 10.1. The number of fused-ring (bicyclic) bond motifs is 1. The van der Waals surface area contributed by atoms with E-state index < -0.39 is 0 Å². The SMILES string of the molecule is Cc1ccc([C@H](C)NCc2ccc3c(c2)CCO3)cc1. The van der Waals surface area contributed by atoms with Crippen LogP contribution in [0.5, 0.6) is 5.75 Å². The summed E-state index contributed by atoms with van der Waals surface area (Å²) in [6, 6.07) is 15.6. The molecule has 0 aliphatic carbocycles. The first-order valence-electron chi connectivity index (χ1n) is 7.27. The molecule has 2 heteroatoms. The van der Waals surface area contributed by atoms with Gasteiger partial charge in [-0.3, -0.25) is 0 Å². The average Bonchev–Trinajstić information content (AvgIpc) is 2.93. The Morgan fingerprint density at radius 2 is 1.95 bits per heavy atom. The second kappa shape index (κ2) is 5.68. The van der Waals surface area contributed by atoms with Crippen LogP contribution in [0.2, 0.25) is 0 Å². The lowest BCUT2D eigenvalue weighted by Crippen LogP contribution is -2.18. The van der Waals surface area contributed by atoms with Crippen molar-refractivity contribution in [1.29, 1.82) is 0 Å². The van der Waals surface area contributed by atoms with Gasteiger partial charge in [0.05, 0.1) is 6.61 Å². The molecule has 0 spiro atoms. The van der Waals surface area contributed by atoms with Crippen LogP contribution < -0.4 is 10.1 Å². The lowest BCUT2D eigenvalue weighted by molar-refractivity contribution is 0.357. The van der Waals surface area contributed by atoms with E-state index in [4.69, 9.17) is 4.74 Å². The Morgan fingerprint density at radius 3 is 2.75 bits per heavy atom. The summed E-state index contributed by atoms with van der Waals surface area (Å²) in [6.07, 6.45) is 1.04. The van der Waals surface area contributed by atoms with E-state index in [9.17, 15) is 0 Å². The maximum Gasteiger partial charge on any atom is 0.122 e. The van der Waals surface area contributed by atoms with E-state index in [1.54, 1.807) is 0 Å². The molecule has 104 valence electrons. The summed E-state index contributed by atoms with van der Waals surface area (Å²) in [5, 5.41) is 3.59. The van der Waals surface area contributed by atoms with Gasteiger partial charge in [0.1, 0.15) is 5.75 Å². The fourth-order valence-electron chi connectivity index (χ4n) is 2.59. The third-order valence-electron chi connectivity index (χ3n) is 3.94. The van der Waals surface area contributed by atoms with E-state index in [1.165, 1.54) is 22.3 Å². The molecule has 20 heavy (non-hydrogen) atoms. The Balaban J connectivity index is 1.63. The molecule has 1 aliphatic heterocycles. The van der Waals surface area contributed by atoms with E-state index >= 15 is 0 Å². The Labute approximate surface area is 120 Å². The smallest absolute Gasteiger partial charge is 0.122 e. The number of nitrogens with one attached hydrogen (secondary N) is 1. The summed E-state index contributed by atoms with van der Waals surface area (Å²) in [5.41, 5.74) is 5.31. The molecule has 1 atom stereocenters. The van der Waals surface area contributed by atoms with Crippen LogP contribution in [0, 0.1) is 6.92 Å². The third-order valence-corrected chi connectivity index (χ3v) is 3.94. The fraction of sp³-hybridized carbons (Fsp3) is 0.333. The van der Waals surface area contributed by atoms with Crippen LogP contribution in [-0.4, -0.2) is 6.61 Å². The Bertz CT molecular complexity index is 589. The number of hydrogen-bond donors (Lipinski definition) is 1. The average molecular weight is 267 g/mol. The van der Waals surface area contributed by atoms with Crippen LogP contribution in [0.3, 0.4) is 0 Å². The van der Waals surface area contributed by atoms with Crippen LogP contribution in [0.4, 0.5) is 0 Å². The van der Waals surface area contributed by atoms with Gasteiger partial charge in [0, 0.05) is 19.0 Å². The second-order valence-electron chi connectivity index (χ2n) is 5.55. The van der Waals surface area contributed by atoms with Crippen LogP contribution in [0.25, 0.3) is 0 Å². The highest BCUT2D eigenvalue weighted by Gasteiger charge is 2.12. The molecule has 0 saturated heterocycles. The third kappa shape index (κ3) is 2.86. The molecule has 1 aliphatic rings. The van der Waals surface area contributed by atoms with Gasteiger partial charge < -0.3 is 10.1 Å². The van der Waals surface area contributed by atoms with Crippen LogP contribution in [-0.2, 0) is 13.0 Å². The standard InChI is InChI=1S/C18H21NO/c1-13-3-6-16(7-4-13)14(2)19-12-15-5-8-18-17(11-15)9-10-20-18/h3-8,11,14,19H,9-10,12H2,1-2H3/t14-/m0/s1. The van der Waals surface area contributed by atoms with Crippen molar-refractivity contribution in [2.75, 3.05) is 6.61 Å². The minimum atomic E-state index is 0.361. The summed E-state index contributed by atoms with van der Waals surface area (Å²) in [5.74, 6) is 1.06. The summed E-state index contributed by atoms with van der Waals surface area (Å²) >= 11 is 0. The van der Waals surface area contributed by atoms with Gasteiger partial charge in [-0.15, -0.1) is 0 Å². The second-order valence-corrected chi connectivity index (χ2v) is 5.55. The summed E-state index contributed by atoms with van der Waals surface area (Å²) in [7, 11) is 0. The molecule has 0 bridgehead atoms. The molecule has 0 saturated carbocycles. The topological polar surface area (TPSA) is 21.3 Å². The zero-order chi connectivity index (χ0) is 13.9. The number of benzene rings is 2. The molecular formula is C18H21NO. The van der Waals surface area contributed by atoms with Gasteiger partial charge in [0.2, 0.25) is 0 Å². The maximum absolute atomic E-state index is 5.54. The van der Waals surface area contributed by atoms with Gasteiger partial charge in [-0.1, -0.05) is 42.0 Å². The van der Waals surface area contributed by atoms with E-state index in [0.717, 1.165) is 25.3 Å². The van der Waals surface area contributed by atoms with Crippen molar-refractivity contribution in [2.24, 2.45) is 0 Å². The van der Waals surface area contributed by atoms with Crippen molar-refractivity contribution in [2.45, 2.75) is 32.9 Å². The first-order chi connectivity index (χ1) is 9.72. The van der Waals surface area contributed by atoms with Gasteiger partial charge in [0.15, 0.2) is 0 Å². The normalized spacial score (nSPS) is 14.7. The summed E-state index contributed by atoms with van der Waals surface area (Å²) < 4.78 is 5.54. The Morgan fingerprint density at radius 1 is 1.15 bits per heavy atom. The van der Waals surface area contributed by atoms with E-state index in [1.807, 2.05) is 0 Å². The minimum Gasteiger partial charge on any atom is -0.493 e. The van der Waals surface area contributed by atoms with Crippen molar-refractivity contribution in [3.05, 3.63) is 64.7 Å². The summed E-state index contributed by atoms with van der Waals surface area (Å²) in [4.78, 5) is 0. The largest absolute Gasteiger partial charge is 0.493 e. The molecule has 0 aromatic heterocycles. The molecule has 2 nitrogen and oxygen atoms in total. The van der Waals surface area contributed by atoms with Crippen LogP contribution in [0.15, 0.2) is 42.5 Å². The number of rotatable bonds is 4. The van der Waals surface area contributed by atoms with Gasteiger partial charge >= 0.3 is 0 Å². The van der Waals surface area contributed by atoms with Crippen LogP contribution >= 0.6 is 0 Å². The quantitative estimate of drug-likeness (QED) is 0.910. The Kier molecular flexibility index (Phi) is 3.75.